The summed E-state index contributed by atoms with van der Waals surface area (Å²) in [5, 5.41) is 2.92. The predicted molar refractivity (Wildman–Crippen MR) is 100 cm³/mol. The van der Waals surface area contributed by atoms with Gasteiger partial charge in [-0.15, -0.1) is 0 Å². The predicted octanol–water partition coefficient (Wildman–Crippen LogP) is 2.83. The first-order valence-corrected chi connectivity index (χ1v) is 8.68. The third-order valence-electron chi connectivity index (χ3n) is 4.27. The van der Waals surface area contributed by atoms with Crippen LogP contribution in [0.5, 0.6) is 0 Å². The summed E-state index contributed by atoms with van der Waals surface area (Å²) in [5.74, 6) is -0.0899. The molecule has 0 saturated carbocycles. The zero-order valence-corrected chi connectivity index (χ0v) is 14.5. The van der Waals surface area contributed by atoms with E-state index in [0.29, 0.717) is 13.0 Å². The van der Waals surface area contributed by atoms with Crippen LogP contribution in [0, 0.1) is 0 Å². The van der Waals surface area contributed by atoms with Crippen molar-refractivity contribution in [3.05, 3.63) is 66.0 Å². The molecule has 3 N–H and O–H groups in total. The van der Waals surface area contributed by atoms with Gasteiger partial charge >= 0.3 is 0 Å². The third kappa shape index (κ3) is 4.25. The first-order chi connectivity index (χ1) is 12.2. The van der Waals surface area contributed by atoms with E-state index in [0.717, 1.165) is 29.6 Å². The molecule has 1 amide bonds. The Balaban J connectivity index is 1.66. The van der Waals surface area contributed by atoms with Gasteiger partial charge in [0.25, 0.3) is 0 Å². The van der Waals surface area contributed by atoms with Crippen LogP contribution in [0.1, 0.15) is 30.9 Å². The number of imidazole rings is 1. The molecule has 0 fully saturated rings. The lowest BCUT2D eigenvalue weighted by molar-refractivity contribution is -0.122. The first-order valence-electron chi connectivity index (χ1n) is 8.68. The van der Waals surface area contributed by atoms with E-state index in [2.05, 4.69) is 33.1 Å². The van der Waals surface area contributed by atoms with Crippen LogP contribution >= 0.6 is 0 Å². The van der Waals surface area contributed by atoms with E-state index in [-0.39, 0.29) is 5.91 Å². The summed E-state index contributed by atoms with van der Waals surface area (Å²) in [6.07, 6.45) is 3.48. The molecule has 0 aliphatic heterocycles. The number of fused-ring (bicyclic) bond motifs is 1. The van der Waals surface area contributed by atoms with Crippen LogP contribution < -0.4 is 11.1 Å². The highest BCUT2D eigenvalue weighted by atomic mass is 16.2. The van der Waals surface area contributed by atoms with Crippen molar-refractivity contribution in [1.82, 2.24) is 14.9 Å². The van der Waals surface area contributed by atoms with Crippen molar-refractivity contribution in [2.75, 3.05) is 0 Å². The Labute approximate surface area is 147 Å². The number of nitrogens with zero attached hydrogens (tertiary/aromatic N) is 2. The van der Waals surface area contributed by atoms with Gasteiger partial charge in [-0.1, -0.05) is 49.7 Å². The maximum atomic E-state index is 11.9. The third-order valence-corrected chi connectivity index (χ3v) is 4.27. The fourth-order valence-corrected chi connectivity index (χ4v) is 2.93. The molecule has 0 bridgehead atoms. The van der Waals surface area contributed by atoms with Crippen LogP contribution in [0.25, 0.3) is 11.0 Å². The van der Waals surface area contributed by atoms with Gasteiger partial charge in [0, 0.05) is 13.1 Å². The standard InChI is InChI=1S/C20H24N4O/c1-2-6-17(21)20(25)22-12-15-7-5-8-16(11-15)13-24-14-23-18-9-3-4-10-19(18)24/h3-5,7-11,14,17H,2,6,12-13,21H2,1H3,(H,22,25). The normalized spacial score (nSPS) is 12.2. The summed E-state index contributed by atoms with van der Waals surface area (Å²) in [6.45, 7) is 3.27. The number of benzene rings is 2. The number of nitrogens with one attached hydrogen (secondary N) is 1. The van der Waals surface area contributed by atoms with E-state index in [1.807, 2.05) is 43.6 Å². The van der Waals surface area contributed by atoms with Crippen LogP contribution in [-0.4, -0.2) is 21.5 Å². The second-order valence-electron chi connectivity index (χ2n) is 6.29. The average molecular weight is 336 g/mol. The molecule has 0 spiro atoms. The van der Waals surface area contributed by atoms with Crippen molar-refractivity contribution < 1.29 is 4.79 Å². The van der Waals surface area contributed by atoms with Gasteiger partial charge in [0.15, 0.2) is 0 Å². The van der Waals surface area contributed by atoms with Crippen molar-refractivity contribution in [1.29, 1.82) is 0 Å². The maximum Gasteiger partial charge on any atom is 0.237 e. The van der Waals surface area contributed by atoms with E-state index in [1.54, 1.807) is 0 Å². The van der Waals surface area contributed by atoms with Gasteiger partial charge in [-0.25, -0.2) is 4.98 Å². The Morgan fingerprint density at radius 3 is 2.84 bits per heavy atom. The summed E-state index contributed by atoms with van der Waals surface area (Å²) in [7, 11) is 0. The van der Waals surface area contributed by atoms with Crippen molar-refractivity contribution in [3.8, 4) is 0 Å². The number of nitrogens with two attached hydrogens (primary N) is 1. The molecule has 0 aliphatic rings. The fourth-order valence-electron chi connectivity index (χ4n) is 2.93. The van der Waals surface area contributed by atoms with Gasteiger partial charge in [0.05, 0.1) is 23.4 Å². The molecule has 0 saturated heterocycles. The quantitative estimate of drug-likeness (QED) is 0.697. The second kappa shape index (κ2) is 7.94. The zero-order valence-electron chi connectivity index (χ0n) is 14.5. The minimum atomic E-state index is -0.425. The smallest absolute Gasteiger partial charge is 0.237 e. The Hall–Kier alpha value is -2.66. The summed E-state index contributed by atoms with van der Waals surface area (Å²) in [4.78, 5) is 16.4. The Morgan fingerprint density at radius 2 is 2.00 bits per heavy atom. The van der Waals surface area contributed by atoms with E-state index < -0.39 is 6.04 Å². The number of hydrogen-bond donors (Lipinski definition) is 2. The highest BCUT2D eigenvalue weighted by Crippen LogP contribution is 2.15. The van der Waals surface area contributed by atoms with Gasteiger partial charge in [0.1, 0.15) is 0 Å². The molecule has 1 heterocycles. The van der Waals surface area contributed by atoms with Crippen molar-refractivity contribution in [2.24, 2.45) is 5.73 Å². The number of carbonyl (C=O) groups excluding carboxylic acids is 1. The molecular formula is C20H24N4O. The lowest BCUT2D eigenvalue weighted by Crippen LogP contribution is -2.40. The largest absolute Gasteiger partial charge is 0.351 e. The summed E-state index contributed by atoms with van der Waals surface area (Å²) >= 11 is 0. The molecule has 1 aromatic heterocycles. The number of aromatic nitrogens is 2. The summed E-state index contributed by atoms with van der Waals surface area (Å²) in [5.41, 5.74) is 10.2. The molecule has 2 aromatic carbocycles. The zero-order chi connectivity index (χ0) is 17.6. The molecule has 5 nitrogen and oxygen atoms in total. The molecule has 3 rings (SSSR count). The molecule has 25 heavy (non-hydrogen) atoms. The summed E-state index contributed by atoms with van der Waals surface area (Å²) in [6, 6.07) is 15.9. The van der Waals surface area contributed by atoms with E-state index in [4.69, 9.17) is 5.73 Å². The van der Waals surface area contributed by atoms with E-state index in [1.165, 1.54) is 5.56 Å². The van der Waals surface area contributed by atoms with Crippen molar-refractivity contribution >= 4 is 16.9 Å². The monoisotopic (exact) mass is 336 g/mol. The molecular weight excluding hydrogens is 312 g/mol. The van der Waals surface area contributed by atoms with Gasteiger partial charge in [-0.3, -0.25) is 4.79 Å². The van der Waals surface area contributed by atoms with Gasteiger partial charge in [-0.2, -0.15) is 0 Å². The first kappa shape index (κ1) is 17.2. The van der Waals surface area contributed by atoms with Crippen LogP contribution in [0.3, 0.4) is 0 Å². The lowest BCUT2D eigenvalue weighted by atomic mass is 10.1. The van der Waals surface area contributed by atoms with Crippen molar-refractivity contribution in [3.63, 3.8) is 0 Å². The lowest BCUT2D eigenvalue weighted by Gasteiger charge is -2.12. The number of hydrogen-bond acceptors (Lipinski definition) is 3. The van der Waals surface area contributed by atoms with Crippen LogP contribution in [0.15, 0.2) is 54.9 Å². The van der Waals surface area contributed by atoms with Gasteiger partial charge < -0.3 is 15.6 Å². The van der Waals surface area contributed by atoms with Gasteiger partial charge in [0.2, 0.25) is 5.91 Å². The SMILES string of the molecule is CCCC(N)C(=O)NCc1cccc(Cn2cnc3ccccc32)c1. The molecule has 3 aromatic rings. The van der Waals surface area contributed by atoms with Gasteiger partial charge in [-0.05, 0) is 29.7 Å². The van der Waals surface area contributed by atoms with E-state index in [9.17, 15) is 4.79 Å². The fraction of sp³-hybridized carbons (Fsp3) is 0.300. The Kier molecular flexibility index (Phi) is 5.46. The number of rotatable bonds is 7. The Bertz CT molecular complexity index is 856. The molecule has 130 valence electrons. The van der Waals surface area contributed by atoms with E-state index >= 15 is 0 Å². The van der Waals surface area contributed by atoms with Crippen LogP contribution in [0.4, 0.5) is 0 Å². The molecule has 0 radical (unpaired) electrons. The minimum absolute atomic E-state index is 0.0899. The number of para-hydroxylation sites is 2. The second-order valence-corrected chi connectivity index (χ2v) is 6.29. The highest BCUT2D eigenvalue weighted by Gasteiger charge is 2.11. The molecule has 0 aliphatic carbocycles. The number of amides is 1. The Morgan fingerprint density at radius 1 is 1.20 bits per heavy atom. The van der Waals surface area contributed by atoms with Crippen LogP contribution in [0.2, 0.25) is 0 Å². The average Bonchev–Trinajstić information content (AvgIpc) is 3.03. The molecule has 1 unspecified atom stereocenters. The van der Waals surface area contributed by atoms with Crippen molar-refractivity contribution in [2.45, 2.75) is 38.9 Å². The molecule has 5 heteroatoms. The maximum absolute atomic E-state index is 11.9. The minimum Gasteiger partial charge on any atom is -0.351 e. The number of carbonyl (C=O) groups is 1. The summed E-state index contributed by atoms with van der Waals surface area (Å²) < 4.78 is 2.13. The highest BCUT2D eigenvalue weighted by molar-refractivity contribution is 5.81. The molecule has 1 atom stereocenters. The van der Waals surface area contributed by atoms with Crippen LogP contribution in [-0.2, 0) is 17.9 Å². The topological polar surface area (TPSA) is 72.9 Å².